The molecular formula is C18H21BrFN. The minimum absolute atomic E-state index is 0.160. The first-order valence-electron chi connectivity index (χ1n) is 7.25. The average Bonchev–Trinajstić information content (AvgIpc) is 2.40. The number of rotatable bonds is 5. The van der Waals surface area contributed by atoms with Gasteiger partial charge in [-0.25, -0.2) is 4.39 Å². The van der Waals surface area contributed by atoms with E-state index < -0.39 is 0 Å². The summed E-state index contributed by atoms with van der Waals surface area (Å²) in [5.41, 5.74) is 4.50. The van der Waals surface area contributed by atoms with E-state index in [0.717, 1.165) is 28.6 Å². The molecule has 2 aromatic rings. The summed E-state index contributed by atoms with van der Waals surface area (Å²) < 4.78 is 14.6. The summed E-state index contributed by atoms with van der Waals surface area (Å²) in [6, 6.07) is 11.8. The molecule has 21 heavy (non-hydrogen) atoms. The molecule has 0 heterocycles. The summed E-state index contributed by atoms with van der Waals surface area (Å²) in [7, 11) is 0. The van der Waals surface area contributed by atoms with Crippen LogP contribution in [0.1, 0.15) is 35.2 Å². The number of benzene rings is 2. The predicted molar refractivity (Wildman–Crippen MR) is 90.1 cm³/mol. The van der Waals surface area contributed by atoms with E-state index in [-0.39, 0.29) is 11.9 Å². The molecule has 0 aliphatic rings. The van der Waals surface area contributed by atoms with Gasteiger partial charge in [0.2, 0.25) is 0 Å². The van der Waals surface area contributed by atoms with Crippen LogP contribution in [-0.4, -0.2) is 6.54 Å². The summed E-state index contributed by atoms with van der Waals surface area (Å²) in [5.74, 6) is -0.160. The van der Waals surface area contributed by atoms with Crippen LogP contribution in [0.3, 0.4) is 0 Å². The fraction of sp³-hybridized carbons (Fsp3) is 0.333. The number of aryl methyl sites for hydroxylation is 2. The molecule has 1 atom stereocenters. The zero-order chi connectivity index (χ0) is 15.4. The maximum Gasteiger partial charge on any atom is 0.123 e. The molecule has 0 bridgehead atoms. The van der Waals surface area contributed by atoms with Gasteiger partial charge in [0.05, 0.1) is 0 Å². The third-order valence-corrected chi connectivity index (χ3v) is 4.24. The number of halogens is 2. The Morgan fingerprint density at radius 1 is 1.10 bits per heavy atom. The van der Waals surface area contributed by atoms with Crippen molar-refractivity contribution in [3.8, 4) is 0 Å². The fourth-order valence-electron chi connectivity index (χ4n) is 2.85. The Morgan fingerprint density at radius 2 is 1.67 bits per heavy atom. The molecule has 0 radical (unpaired) electrons. The zero-order valence-electron chi connectivity index (χ0n) is 12.7. The van der Waals surface area contributed by atoms with Gasteiger partial charge in [0.25, 0.3) is 0 Å². The molecule has 0 saturated carbocycles. The minimum atomic E-state index is -0.160. The smallest absolute Gasteiger partial charge is 0.123 e. The molecule has 0 saturated heterocycles. The largest absolute Gasteiger partial charge is 0.310 e. The summed E-state index contributed by atoms with van der Waals surface area (Å²) in [5, 5.41) is 3.53. The third-order valence-electron chi connectivity index (χ3n) is 3.71. The lowest BCUT2D eigenvalue weighted by atomic mass is 9.91. The molecule has 0 aliphatic carbocycles. The van der Waals surface area contributed by atoms with E-state index in [2.05, 4.69) is 52.4 Å². The van der Waals surface area contributed by atoms with E-state index in [0.29, 0.717) is 0 Å². The Kier molecular flexibility index (Phi) is 5.54. The molecule has 0 aliphatic heterocycles. The lowest BCUT2D eigenvalue weighted by Gasteiger charge is -2.23. The van der Waals surface area contributed by atoms with Crippen molar-refractivity contribution < 1.29 is 4.39 Å². The van der Waals surface area contributed by atoms with Gasteiger partial charge in [0.1, 0.15) is 5.82 Å². The van der Waals surface area contributed by atoms with Gasteiger partial charge in [0.15, 0.2) is 0 Å². The molecule has 112 valence electrons. The Labute approximate surface area is 134 Å². The standard InChI is InChI=1S/C18H21BrFN/c1-4-21-17(11-14-5-7-15(19)8-6-14)18-12(2)9-16(20)10-13(18)3/h5-10,17,21H,4,11H2,1-3H3. The van der Waals surface area contributed by atoms with Crippen molar-refractivity contribution in [3.05, 3.63) is 68.9 Å². The first-order chi connectivity index (χ1) is 10.0. The lowest BCUT2D eigenvalue weighted by Crippen LogP contribution is -2.24. The Hall–Kier alpha value is -1.19. The van der Waals surface area contributed by atoms with Gasteiger partial charge >= 0.3 is 0 Å². The summed E-state index contributed by atoms with van der Waals surface area (Å²) in [4.78, 5) is 0. The van der Waals surface area contributed by atoms with Gasteiger partial charge in [-0.1, -0.05) is 35.0 Å². The summed E-state index contributed by atoms with van der Waals surface area (Å²) >= 11 is 3.46. The van der Waals surface area contributed by atoms with Crippen molar-refractivity contribution in [2.45, 2.75) is 33.2 Å². The highest BCUT2D eigenvalue weighted by Gasteiger charge is 2.17. The third kappa shape index (κ3) is 4.14. The Balaban J connectivity index is 2.33. The van der Waals surface area contributed by atoms with Gasteiger partial charge in [-0.2, -0.15) is 0 Å². The van der Waals surface area contributed by atoms with Crippen molar-refractivity contribution in [3.63, 3.8) is 0 Å². The monoisotopic (exact) mass is 349 g/mol. The molecule has 0 aromatic heterocycles. The van der Waals surface area contributed by atoms with Crippen LogP contribution < -0.4 is 5.32 Å². The first kappa shape index (κ1) is 16.2. The first-order valence-corrected chi connectivity index (χ1v) is 8.05. The second kappa shape index (κ2) is 7.19. The zero-order valence-corrected chi connectivity index (χ0v) is 14.3. The van der Waals surface area contributed by atoms with Crippen molar-refractivity contribution in [1.29, 1.82) is 0 Å². The topological polar surface area (TPSA) is 12.0 Å². The second-order valence-corrected chi connectivity index (χ2v) is 6.31. The summed E-state index contributed by atoms with van der Waals surface area (Å²) in [6.45, 7) is 6.95. The highest BCUT2D eigenvalue weighted by molar-refractivity contribution is 9.10. The SMILES string of the molecule is CCNC(Cc1ccc(Br)cc1)c1c(C)cc(F)cc1C. The van der Waals surface area contributed by atoms with Crippen LogP contribution >= 0.6 is 15.9 Å². The quantitative estimate of drug-likeness (QED) is 0.791. The molecule has 2 rings (SSSR count). The fourth-order valence-corrected chi connectivity index (χ4v) is 3.11. The Bertz CT molecular complexity index is 584. The Morgan fingerprint density at radius 3 is 2.19 bits per heavy atom. The van der Waals surface area contributed by atoms with Crippen molar-refractivity contribution in [1.82, 2.24) is 5.32 Å². The van der Waals surface area contributed by atoms with Crippen LogP contribution in [0.15, 0.2) is 40.9 Å². The molecule has 3 heteroatoms. The number of nitrogens with one attached hydrogen (secondary N) is 1. The van der Waals surface area contributed by atoms with Gasteiger partial charge in [0, 0.05) is 10.5 Å². The number of hydrogen-bond donors (Lipinski definition) is 1. The van der Waals surface area contributed by atoms with Gasteiger partial charge in [-0.15, -0.1) is 0 Å². The van der Waals surface area contributed by atoms with Crippen LogP contribution in [0, 0.1) is 19.7 Å². The van der Waals surface area contributed by atoms with Crippen LogP contribution in [0.2, 0.25) is 0 Å². The maximum atomic E-state index is 13.5. The molecule has 0 fully saturated rings. The maximum absolute atomic E-state index is 13.5. The molecule has 0 amide bonds. The molecular weight excluding hydrogens is 329 g/mol. The second-order valence-electron chi connectivity index (χ2n) is 5.39. The minimum Gasteiger partial charge on any atom is -0.310 e. The van der Waals surface area contributed by atoms with Crippen LogP contribution in [0.25, 0.3) is 0 Å². The summed E-state index contributed by atoms with van der Waals surface area (Å²) in [6.07, 6.45) is 0.897. The van der Waals surface area contributed by atoms with E-state index in [1.807, 2.05) is 13.8 Å². The number of likely N-dealkylation sites (N-methyl/N-ethyl adjacent to an activating group) is 1. The van der Waals surface area contributed by atoms with Crippen molar-refractivity contribution >= 4 is 15.9 Å². The van der Waals surface area contributed by atoms with E-state index in [1.165, 1.54) is 11.1 Å². The normalized spacial score (nSPS) is 12.4. The van der Waals surface area contributed by atoms with E-state index in [9.17, 15) is 4.39 Å². The van der Waals surface area contributed by atoms with Crippen molar-refractivity contribution in [2.24, 2.45) is 0 Å². The molecule has 2 aromatic carbocycles. The highest BCUT2D eigenvalue weighted by Crippen LogP contribution is 2.26. The molecule has 0 spiro atoms. The highest BCUT2D eigenvalue weighted by atomic mass is 79.9. The van der Waals surface area contributed by atoms with Gasteiger partial charge in [-0.05, 0) is 73.3 Å². The van der Waals surface area contributed by atoms with E-state index in [4.69, 9.17) is 0 Å². The lowest BCUT2D eigenvalue weighted by molar-refractivity contribution is 0.541. The van der Waals surface area contributed by atoms with Crippen LogP contribution in [0.4, 0.5) is 4.39 Å². The van der Waals surface area contributed by atoms with Crippen molar-refractivity contribution in [2.75, 3.05) is 6.54 Å². The van der Waals surface area contributed by atoms with E-state index >= 15 is 0 Å². The molecule has 1 unspecified atom stereocenters. The number of hydrogen-bond acceptors (Lipinski definition) is 1. The molecule has 1 nitrogen and oxygen atoms in total. The van der Waals surface area contributed by atoms with Gasteiger partial charge < -0.3 is 5.32 Å². The molecule has 1 N–H and O–H groups in total. The van der Waals surface area contributed by atoms with Crippen LogP contribution in [0.5, 0.6) is 0 Å². The predicted octanol–water partition coefficient (Wildman–Crippen LogP) is 5.10. The van der Waals surface area contributed by atoms with Gasteiger partial charge in [-0.3, -0.25) is 0 Å². The average molecular weight is 350 g/mol. The van der Waals surface area contributed by atoms with E-state index in [1.54, 1.807) is 12.1 Å². The van der Waals surface area contributed by atoms with Crippen LogP contribution in [-0.2, 0) is 6.42 Å².